The Hall–Kier alpha value is -0.235. The summed E-state index contributed by atoms with van der Waals surface area (Å²) < 4.78 is 40.1. The van der Waals surface area contributed by atoms with E-state index < -0.39 is 20.0 Å². The number of aliphatic hydroxyl groups is 1. The van der Waals surface area contributed by atoms with Crippen LogP contribution in [0.4, 0.5) is 4.39 Å². The zero-order valence-corrected chi connectivity index (χ0v) is 22.0. The Morgan fingerprint density at radius 2 is 1.42 bits per heavy atom. The molecule has 0 saturated heterocycles. The molecule has 0 aromatic heterocycles. The summed E-state index contributed by atoms with van der Waals surface area (Å²) in [5.74, 6) is -0.0615. The molecule has 2 N–H and O–H groups in total. The van der Waals surface area contributed by atoms with Crippen LogP contribution in [-0.2, 0) is 18.6 Å². The van der Waals surface area contributed by atoms with Crippen LogP contribution in [0.1, 0.15) is 96.8 Å². The molecule has 0 rings (SSSR count). The molecule has 0 fully saturated rings. The van der Waals surface area contributed by atoms with Gasteiger partial charge >= 0.3 is 7.60 Å². The van der Waals surface area contributed by atoms with E-state index in [1.807, 2.05) is 7.85 Å². The van der Waals surface area contributed by atoms with E-state index in [0.717, 1.165) is 25.9 Å². The van der Waals surface area contributed by atoms with Gasteiger partial charge < -0.3 is 24.0 Å². The molecule has 0 aromatic carbocycles. The highest BCUT2D eigenvalue weighted by Crippen LogP contribution is 2.42. The molecule has 6 nitrogen and oxygen atoms in total. The van der Waals surface area contributed by atoms with Crippen molar-refractivity contribution in [1.82, 2.24) is 0 Å². The van der Waals surface area contributed by atoms with Crippen molar-refractivity contribution in [3.63, 3.8) is 0 Å². The number of hydrogen-bond donors (Lipinski definition) is 2. The first-order valence-corrected chi connectivity index (χ1v) is 14.8. The van der Waals surface area contributed by atoms with Crippen LogP contribution >= 0.6 is 7.60 Å². The molecule has 33 heavy (non-hydrogen) atoms. The molecule has 0 aliphatic heterocycles. The fourth-order valence-electron chi connectivity index (χ4n) is 3.42. The fourth-order valence-corrected chi connectivity index (χ4v) is 4.31. The molecule has 1 unspecified atom stereocenters. The van der Waals surface area contributed by atoms with Crippen molar-refractivity contribution < 1.29 is 33.0 Å². The summed E-state index contributed by atoms with van der Waals surface area (Å²) in [7, 11) is -1.93. The lowest BCUT2D eigenvalue weighted by atomic mass is 10.0. The number of halogens is 1. The van der Waals surface area contributed by atoms with Crippen LogP contribution in [0.25, 0.3) is 0 Å². The topological polar surface area (TPSA) is 85.2 Å². The number of aliphatic hydroxyl groups excluding tert-OH is 1. The second-order valence-corrected chi connectivity index (χ2v) is 10.6. The molecule has 0 amide bonds. The van der Waals surface area contributed by atoms with Crippen molar-refractivity contribution in [2.45, 2.75) is 109 Å². The lowest BCUT2D eigenvalue weighted by Crippen LogP contribution is -2.18. The SMILES string of the molecule is BC[C@@H](CO)OCP(=O)(O)OCCCOCCCCCCCCCCCCCC/C=C(\C)F. The Morgan fingerprint density at radius 1 is 0.909 bits per heavy atom. The second-order valence-electron chi connectivity index (χ2n) is 8.77. The van der Waals surface area contributed by atoms with Crippen LogP contribution in [0, 0.1) is 0 Å². The normalized spacial score (nSPS) is 15.0. The monoisotopic (exact) mass is 494 g/mol. The number of unbranched alkanes of at least 4 members (excludes halogenated alkanes) is 12. The summed E-state index contributed by atoms with van der Waals surface area (Å²) in [4.78, 5) is 9.69. The summed E-state index contributed by atoms with van der Waals surface area (Å²) in [5.41, 5.74) is 0. The summed E-state index contributed by atoms with van der Waals surface area (Å²) in [5, 5.41) is 9.02. The highest BCUT2D eigenvalue weighted by molar-refractivity contribution is 7.52. The molecule has 0 aliphatic rings. The Labute approximate surface area is 202 Å². The maximum absolute atomic E-state index is 12.5. The summed E-state index contributed by atoms with van der Waals surface area (Å²) in [6, 6.07) is 0. The van der Waals surface area contributed by atoms with E-state index in [4.69, 9.17) is 19.1 Å². The van der Waals surface area contributed by atoms with Crippen LogP contribution in [0.15, 0.2) is 11.9 Å². The highest BCUT2D eigenvalue weighted by Gasteiger charge is 2.21. The van der Waals surface area contributed by atoms with Crippen molar-refractivity contribution in [3.8, 4) is 0 Å². The zero-order valence-electron chi connectivity index (χ0n) is 21.1. The molecular weight excluding hydrogens is 445 g/mol. The van der Waals surface area contributed by atoms with E-state index in [0.29, 0.717) is 19.3 Å². The average molecular weight is 494 g/mol. The first-order valence-electron chi connectivity index (χ1n) is 13.0. The van der Waals surface area contributed by atoms with E-state index in [1.165, 1.54) is 71.1 Å². The Bertz CT molecular complexity index is 501. The van der Waals surface area contributed by atoms with Gasteiger partial charge in [0.05, 0.1) is 25.1 Å². The molecule has 0 heterocycles. The van der Waals surface area contributed by atoms with Gasteiger partial charge in [-0.2, -0.15) is 0 Å². The van der Waals surface area contributed by atoms with Crippen LogP contribution in [0.5, 0.6) is 0 Å². The molecule has 196 valence electrons. The van der Waals surface area contributed by atoms with Crippen LogP contribution < -0.4 is 0 Å². The van der Waals surface area contributed by atoms with Gasteiger partial charge in [-0.15, -0.1) is 0 Å². The summed E-state index contributed by atoms with van der Waals surface area (Å²) in [6.45, 7) is 2.72. The van der Waals surface area contributed by atoms with Gasteiger partial charge in [-0.05, 0) is 32.6 Å². The fraction of sp³-hybridized carbons (Fsp3) is 0.917. The number of ether oxygens (including phenoxy) is 2. The standard InChI is InChI=1S/C24H49BFO6P/c1-23(26)16-13-11-9-7-5-3-2-4-6-8-10-12-14-17-30-18-15-19-32-33(28,29)22-31-24(20-25)21-27/h16,24,27H,2-15,17-22,25H2,1H3,(H,28,29)/b23-16+/t24-/m0/s1. The van der Waals surface area contributed by atoms with Crippen molar-refractivity contribution in [2.75, 3.05) is 32.8 Å². The van der Waals surface area contributed by atoms with Gasteiger partial charge in [0.15, 0.2) is 0 Å². The van der Waals surface area contributed by atoms with E-state index in [1.54, 1.807) is 6.08 Å². The third kappa shape index (κ3) is 24.7. The third-order valence-corrected chi connectivity index (χ3v) is 6.59. The number of hydrogen-bond acceptors (Lipinski definition) is 5. The molecule has 0 aromatic rings. The van der Waals surface area contributed by atoms with Crippen molar-refractivity contribution in [1.29, 1.82) is 0 Å². The van der Waals surface area contributed by atoms with Crippen molar-refractivity contribution >= 4 is 15.4 Å². The van der Waals surface area contributed by atoms with E-state index in [-0.39, 0.29) is 19.0 Å². The van der Waals surface area contributed by atoms with Crippen LogP contribution in [-0.4, -0.2) is 56.7 Å². The molecule has 9 heteroatoms. The van der Waals surface area contributed by atoms with Gasteiger partial charge in [0.2, 0.25) is 0 Å². The minimum Gasteiger partial charge on any atom is -0.394 e. The van der Waals surface area contributed by atoms with Crippen molar-refractivity contribution in [2.24, 2.45) is 0 Å². The molecule has 2 atom stereocenters. The van der Waals surface area contributed by atoms with Crippen molar-refractivity contribution in [3.05, 3.63) is 11.9 Å². The Morgan fingerprint density at radius 3 is 1.94 bits per heavy atom. The van der Waals surface area contributed by atoms with Gasteiger partial charge in [0.1, 0.15) is 14.2 Å². The second kappa shape index (κ2) is 23.5. The Balaban J connectivity index is 3.28. The van der Waals surface area contributed by atoms with Gasteiger partial charge in [0.25, 0.3) is 0 Å². The van der Waals surface area contributed by atoms with Gasteiger partial charge in [-0.25, -0.2) is 4.39 Å². The van der Waals surface area contributed by atoms with Crippen LogP contribution in [0.2, 0.25) is 6.32 Å². The third-order valence-electron chi connectivity index (χ3n) is 5.53. The first-order chi connectivity index (χ1) is 15.9. The minimum atomic E-state index is -3.77. The molecule has 0 spiro atoms. The molecule has 0 aliphatic carbocycles. The van der Waals surface area contributed by atoms with Gasteiger partial charge in [0, 0.05) is 13.2 Å². The Kier molecular flexibility index (Phi) is 23.3. The molecule has 0 bridgehead atoms. The minimum absolute atomic E-state index is 0.0615. The number of allylic oxidation sites excluding steroid dienone is 2. The predicted molar refractivity (Wildman–Crippen MR) is 136 cm³/mol. The smallest absolute Gasteiger partial charge is 0.353 e. The number of rotatable bonds is 25. The van der Waals surface area contributed by atoms with Crippen LogP contribution in [0.3, 0.4) is 0 Å². The summed E-state index contributed by atoms with van der Waals surface area (Å²) in [6.07, 6.45) is 17.8. The van der Waals surface area contributed by atoms with E-state index in [2.05, 4.69) is 0 Å². The maximum atomic E-state index is 12.5. The van der Waals surface area contributed by atoms with E-state index >= 15 is 0 Å². The first kappa shape index (κ1) is 32.8. The quantitative estimate of drug-likeness (QED) is 0.0930. The summed E-state index contributed by atoms with van der Waals surface area (Å²) >= 11 is 0. The predicted octanol–water partition coefficient (Wildman–Crippen LogP) is 5.93. The lowest BCUT2D eigenvalue weighted by molar-refractivity contribution is 0.0394. The molecule has 0 radical (unpaired) electrons. The van der Waals surface area contributed by atoms with Gasteiger partial charge in [-0.1, -0.05) is 76.6 Å². The average Bonchev–Trinajstić information content (AvgIpc) is 2.78. The van der Waals surface area contributed by atoms with Gasteiger partial charge in [-0.3, -0.25) is 4.57 Å². The van der Waals surface area contributed by atoms with E-state index in [9.17, 15) is 13.8 Å². The molecule has 0 saturated carbocycles. The lowest BCUT2D eigenvalue weighted by Gasteiger charge is -2.17. The largest absolute Gasteiger partial charge is 0.394 e. The highest BCUT2D eigenvalue weighted by atomic mass is 31.2. The zero-order chi connectivity index (χ0) is 24.6. The molecular formula is C24H49BFO6P. The maximum Gasteiger partial charge on any atom is 0.353 e.